The van der Waals surface area contributed by atoms with Crippen molar-refractivity contribution in [1.82, 2.24) is 0 Å². The van der Waals surface area contributed by atoms with Crippen LogP contribution in [0.5, 0.6) is 0 Å². The monoisotopic (exact) mass is 578 g/mol. The molecular weight excluding hydrogens is 536 g/mol. The molecule has 0 radical (unpaired) electrons. The first-order chi connectivity index (χ1) is 19.1. The molecule has 1 saturated heterocycles. The van der Waals surface area contributed by atoms with Gasteiger partial charge in [0.2, 0.25) is 0 Å². The molecule has 3 rings (SSSR count). The van der Waals surface area contributed by atoms with Crippen LogP contribution in [0.15, 0.2) is 23.3 Å². The molecule has 0 saturated carbocycles. The quantitative estimate of drug-likeness (QED) is 0.281. The number of carbonyl (C=O) groups excluding carboxylic acids is 5. The lowest BCUT2D eigenvalue weighted by atomic mass is 9.56. The molecule has 0 aromatic rings. The Kier molecular flexibility index (Phi) is 9.73. The second kappa shape index (κ2) is 12.3. The SMILES string of the molecule is CCCC(=O)O[C@@H]1C[C@@H](OC(C)=O)[C@@]2(C)[C@@H](OC(C)=O)CC=C(C)[C@@H]2[C@@H](OC(C)=O)[C@@]2(O)[C@H](/C=C\1C)OC(=O)[C@@H]2C. The van der Waals surface area contributed by atoms with Crippen molar-refractivity contribution in [3.8, 4) is 0 Å². The van der Waals surface area contributed by atoms with Crippen LogP contribution in [0.2, 0.25) is 0 Å². The fraction of sp³-hybridized carbons (Fsp3) is 0.700. The number of hydrogen-bond donors (Lipinski definition) is 1. The number of ether oxygens (including phenoxy) is 5. The van der Waals surface area contributed by atoms with Gasteiger partial charge in [0.15, 0.2) is 11.7 Å². The molecule has 2 aliphatic carbocycles. The summed E-state index contributed by atoms with van der Waals surface area (Å²) in [6, 6.07) is 0. The van der Waals surface area contributed by atoms with E-state index < -0.39 is 83.2 Å². The summed E-state index contributed by atoms with van der Waals surface area (Å²) in [6.07, 6.45) is -1.32. The highest BCUT2D eigenvalue weighted by molar-refractivity contribution is 5.78. The van der Waals surface area contributed by atoms with Gasteiger partial charge >= 0.3 is 29.8 Å². The Morgan fingerprint density at radius 3 is 2.12 bits per heavy atom. The summed E-state index contributed by atoms with van der Waals surface area (Å²) < 4.78 is 29.1. The van der Waals surface area contributed by atoms with Gasteiger partial charge in [0.25, 0.3) is 0 Å². The summed E-state index contributed by atoms with van der Waals surface area (Å²) in [4.78, 5) is 63.1. The van der Waals surface area contributed by atoms with Gasteiger partial charge in [-0.3, -0.25) is 24.0 Å². The van der Waals surface area contributed by atoms with E-state index >= 15 is 0 Å². The summed E-state index contributed by atoms with van der Waals surface area (Å²) in [6.45, 7) is 12.2. The van der Waals surface area contributed by atoms with E-state index in [0.29, 0.717) is 17.6 Å². The van der Waals surface area contributed by atoms with Crippen molar-refractivity contribution in [3.05, 3.63) is 23.3 Å². The third kappa shape index (κ3) is 6.19. The molecular formula is C30H42O11. The molecule has 1 fully saturated rings. The lowest BCUT2D eigenvalue weighted by Crippen LogP contribution is -2.65. The van der Waals surface area contributed by atoms with Crippen LogP contribution >= 0.6 is 0 Å². The van der Waals surface area contributed by atoms with Gasteiger partial charge in [-0.2, -0.15) is 0 Å². The van der Waals surface area contributed by atoms with E-state index in [9.17, 15) is 29.1 Å². The zero-order valence-corrected chi connectivity index (χ0v) is 25.1. The highest BCUT2D eigenvalue weighted by Gasteiger charge is 2.67. The average molecular weight is 579 g/mol. The minimum absolute atomic E-state index is 0.0309. The van der Waals surface area contributed by atoms with Gasteiger partial charge in [-0.15, -0.1) is 0 Å². The maximum atomic E-state index is 13.0. The lowest BCUT2D eigenvalue weighted by Gasteiger charge is -2.54. The standard InChI is InChI=1S/C30H42O11/c1-9-10-25(34)40-21-14-23(38-19(6)32)29(8)22(37-18(5)31)12-11-15(2)26(29)27(39-20(7)33)30(36)17(4)28(35)41-24(30)13-16(21)3/h11,13,17,21-24,26-27,36H,9-10,12,14H2,1-8H3/b16-13-/t17-,21+,22-,23+,24-,26+,27+,29+,30-/m0/s1. The zero-order chi connectivity index (χ0) is 30.9. The maximum absolute atomic E-state index is 13.0. The number of fused-ring (bicyclic) bond motifs is 2. The molecule has 0 unspecified atom stereocenters. The Hall–Kier alpha value is -3.21. The first kappa shape index (κ1) is 32.3. The van der Waals surface area contributed by atoms with Crippen molar-refractivity contribution in [3.63, 3.8) is 0 Å². The van der Waals surface area contributed by atoms with Gasteiger partial charge in [0.05, 0.1) is 11.3 Å². The molecule has 1 aliphatic heterocycles. The van der Waals surface area contributed by atoms with E-state index in [4.69, 9.17) is 23.7 Å². The van der Waals surface area contributed by atoms with Crippen LogP contribution in [0.4, 0.5) is 0 Å². The van der Waals surface area contributed by atoms with Crippen LogP contribution in [0.25, 0.3) is 0 Å². The van der Waals surface area contributed by atoms with Crippen LogP contribution in [0, 0.1) is 17.3 Å². The first-order valence-corrected chi connectivity index (χ1v) is 14.1. The van der Waals surface area contributed by atoms with E-state index in [2.05, 4.69) is 0 Å². The Morgan fingerprint density at radius 1 is 0.976 bits per heavy atom. The molecule has 0 aromatic carbocycles. The Morgan fingerprint density at radius 2 is 1.56 bits per heavy atom. The molecule has 1 N–H and O–H groups in total. The van der Waals surface area contributed by atoms with E-state index in [1.165, 1.54) is 33.8 Å². The van der Waals surface area contributed by atoms with Crippen LogP contribution in [0.1, 0.15) is 81.1 Å². The van der Waals surface area contributed by atoms with Gasteiger partial charge in [0.1, 0.15) is 24.4 Å². The predicted octanol–water partition coefficient (Wildman–Crippen LogP) is 3.11. The van der Waals surface area contributed by atoms with Crippen molar-refractivity contribution < 1.29 is 52.8 Å². The molecule has 9 atom stereocenters. The van der Waals surface area contributed by atoms with Crippen molar-refractivity contribution in [2.75, 3.05) is 0 Å². The topological polar surface area (TPSA) is 152 Å². The van der Waals surface area contributed by atoms with E-state index in [0.717, 1.165) is 0 Å². The van der Waals surface area contributed by atoms with Crippen molar-refractivity contribution in [1.29, 1.82) is 0 Å². The van der Waals surface area contributed by atoms with Gasteiger partial charge in [-0.05, 0) is 38.8 Å². The van der Waals surface area contributed by atoms with Gasteiger partial charge < -0.3 is 28.8 Å². The fourth-order valence-electron chi connectivity index (χ4n) is 6.57. The van der Waals surface area contributed by atoms with Crippen LogP contribution in [-0.2, 0) is 47.7 Å². The molecule has 0 spiro atoms. The molecule has 41 heavy (non-hydrogen) atoms. The number of rotatable bonds is 6. The third-order valence-corrected chi connectivity index (χ3v) is 8.69. The number of esters is 5. The van der Waals surface area contributed by atoms with Crippen molar-refractivity contribution in [2.45, 2.75) is 117 Å². The van der Waals surface area contributed by atoms with Crippen LogP contribution < -0.4 is 0 Å². The molecule has 0 aromatic heterocycles. The van der Waals surface area contributed by atoms with E-state index in [1.54, 1.807) is 20.8 Å². The highest BCUT2D eigenvalue weighted by Crippen LogP contribution is 2.55. The largest absolute Gasteiger partial charge is 0.462 e. The van der Waals surface area contributed by atoms with Crippen LogP contribution in [-0.4, -0.2) is 71.1 Å². The first-order valence-electron chi connectivity index (χ1n) is 14.1. The van der Waals surface area contributed by atoms with Crippen molar-refractivity contribution in [2.24, 2.45) is 17.3 Å². The molecule has 0 bridgehead atoms. The minimum Gasteiger partial charge on any atom is -0.462 e. The Balaban J connectivity index is 2.40. The van der Waals surface area contributed by atoms with E-state index in [1.807, 2.05) is 13.0 Å². The minimum atomic E-state index is -2.08. The second-order valence-electron chi connectivity index (χ2n) is 11.6. The summed E-state index contributed by atoms with van der Waals surface area (Å²) in [5.74, 6) is -5.17. The summed E-state index contributed by atoms with van der Waals surface area (Å²) in [7, 11) is 0. The average Bonchev–Trinajstić information content (AvgIpc) is 3.07. The summed E-state index contributed by atoms with van der Waals surface area (Å²) >= 11 is 0. The molecule has 3 aliphatic rings. The molecule has 1 heterocycles. The normalized spacial score (nSPS) is 38.1. The third-order valence-electron chi connectivity index (χ3n) is 8.69. The zero-order valence-electron chi connectivity index (χ0n) is 25.1. The van der Waals surface area contributed by atoms with Crippen LogP contribution in [0.3, 0.4) is 0 Å². The number of carbonyl (C=O) groups is 5. The highest BCUT2D eigenvalue weighted by atomic mass is 16.6. The summed E-state index contributed by atoms with van der Waals surface area (Å²) in [5, 5.41) is 12.4. The molecule has 11 nitrogen and oxygen atoms in total. The van der Waals surface area contributed by atoms with Gasteiger partial charge in [0, 0.05) is 46.0 Å². The molecule has 0 amide bonds. The molecule has 11 heteroatoms. The predicted molar refractivity (Wildman–Crippen MR) is 144 cm³/mol. The summed E-state index contributed by atoms with van der Waals surface area (Å²) in [5.41, 5.74) is -2.31. The number of aliphatic hydroxyl groups is 1. The fourth-order valence-corrected chi connectivity index (χ4v) is 6.57. The smallest absolute Gasteiger partial charge is 0.312 e. The van der Waals surface area contributed by atoms with Gasteiger partial charge in [-0.1, -0.05) is 25.5 Å². The maximum Gasteiger partial charge on any atom is 0.312 e. The van der Waals surface area contributed by atoms with E-state index in [-0.39, 0.29) is 19.3 Å². The Bertz CT molecular complexity index is 1140. The lowest BCUT2D eigenvalue weighted by molar-refractivity contribution is -0.218. The number of hydrogen-bond acceptors (Lipinski definition) is 11. The van der Waals surface area contributed by atoms with Crippen molar-refractivity contribution >= 4 is 29.8 Å². The Labute approximate surface area is 240 Å². The van der Waals surface area contributed by atoms with Gasteiger partial charge in [-0.25, -0.2) is 0 Å². The molecule has 228 valence electrons. The second-order valence-corrected chi connectivity index (χ2v) is 11.6.